The molecule has 0 atom stereocenters. The second-order valence-electron chi connectivity index (χ2n) is 6.03. The van der Waals surface area contributed by atoms with Crippen LogP contribution in [0.5, 0.6) is 0 Å². The summed E-state index contributed by atoms with van der Waals surface area (Å²) < 4.78 is 27.9. The Morgan fingerprint density at radius 3 is 2.80 bits per heavy atom. The molecule has 1 aliphatic carbocycles. The summed E-state index contributed by atoms with van der Waals surface area (Å²) in [5.74, 6) is 0.252. The Balaban J connectivity index is 1.81. The third kappa shape index (κ3) is 2.73. The van der Waals surface area contributed by atoms with Crippen molar-refractivity contribution in [2.24, 2.45) is 0 Å². The number of nitrogens with zero attached hydrogens (tertiary/aromatic N) is 5. The highest BCUT2D eigenvalue weighted by Gasteiger charge is 2.29. The Bertz CT molecular complexity index is 937. The summed E-state index contributed by atoms with van der Waals surface area (Å²) in [5, 5.41) is 3.96. The van der Waals surface area contributed by atoms with Crippen molar-refractivity contribution in [1.29, 1.82) is 0 Å². The minimum atomic E-state index is -2.70. The number of hydrogen-bond donors (Lipinski definition) is 0. The van der Waals surface area contributed by atoms with Gasteiger partial charge in [-0.25, -0.2) is 23.3 Å². The molecule has 0 aromatic carbocycles. The molecule has 0 spiro atoms. The van der Waals surface area contributed by atoms with Crippen LogP contribution < -0.4 is 4.90 Å². The molecule has 128 valence electrons. The van der Waals surface area contributed by atoms with Crippen LogP contribution in [-0.4, -0.2) is 32.5 Å². The van der Waals surface area contributed by atoms with Crippen LogP contribution in [0.4, 0.5) is 14.6 Å². The zero-order chi connectivity index (χ0) is 17.6. The van der Waals surface area contributed by atoms with Crippen molar-refractivity contribution in [2.45, 2.75) is 25.2 Å². The zero-order valence-corrected chi connectivity index (χ0v) is 13.4. The highest BCUT2D eigenvalue weighted by atomic mass is 19.3. The predicted octanol–water partition coefficient (Wildman–Crippen LogP) is 3.22. The maximum absolute atomic E-state index is 13.4. The van der Waals surface area contributed by atoms with Gasteiger partial charge in [0.2, 0.25) is 0 Å². The van der Waals surface area contributed by atoms with Gasteiger partial charge in [0, 0.05) is 24.9 Å². The molecule has 0 aliphatic heterocycles. The summed E-state index contributed by atoms with van der Waals surface area (Å²) in [7, 11) is 1.58. The molecule has 3 aromatic heterocycles. The highest BCUT2D eigenvalue weighted by Crippen LogP contribution is 2.40. The number of hydrogen-bond acceptors (Lipinski definition) is 4. The number of carbonyl (C=O) groups is 1. The SMILES string of the molecule is CN(C(=O)c1cnn2c(C(F)F)cc(C3CC3)nc12)c1ccccn1. The van der Waals surface area contributed by atoms with Crippen molar-refractivity contribution < 1.29 is 13.6 Å². The predicted molar refractivity (Wildman–Crippen MR) is 86.9 cm³/mol. The van der Waals surface area contributed by atoms with Gasteiger partial charge in [-0.15, -0.1) is 0 Å². The minimum absolute atomic E-state index is 0.160. The molecule has 0 N–H and O–H groups in total. The Hall–Kier alpha value is -2.90. The van der Waals surface area contributed by atoms with Crippen LogP contribution >= 0.6 is 0 Å². The number of pyridine rings is 1. The van der Waals surface area contributed by atoms with Crippen LogP contribution in [0.1, 0.15) is 46.9 Å². The van der Waals surface area contributed by atoms with Crippen LogP contribution in [-0.2, 0) is 0 Å². The number of amides is 1. The van der Waals surface area contributed by atoms with Gasteiger partial charge in [0.25, 0.3) is 12.3 Å². The first-order valence-electron chi connectivity index (χ1n) is 7.92. The van der Waals surface area contributed by atoms with Gasteiger partial charge in [0.1, 0.15) is 17.1 Å². The quantitative estimate of drug-likeness (QED) is 0.730. The van der Waals surface area contributed by atoms with Gasteiger partial charge in [0.15, 0.2) is 5.65 Å². The molecular weight excluding hydrogens is 328 g/mol. The van der Waals surface area contributed by atoms with Gasteiger partial charge in [-0.3, -0.25) is 9.69 Å². The topological polar surface area (TPSA) is 63.4 Å². The first kappa shape index (κ1) is 15.6. The van der Waals surface area contributed by atoms with Gasteiger partial charge in [-0.05, 0) is 31.0 Å². The zero-order valence-electron chi connectivity index (χ0n) is 13.4. The van der Waals surface area contributed by atoms with Crippen LogP contribution in [0.2, 0.25) is 0 Å². The van der Waals surface area contributed by atoms with E-state index in [0.29, 0.717) is 11.5 Å². The number of halogens is 2. The summed E-state index contributed by atoms with van der Waals surface area (Å²) in [5.41, 5.74) is 0.689. The van der Waals surface area contributed by atoms with Crippen molar-refractivity contribution in [3.05, 3.63) is 53.6 Å². The summed E-state index contributed by atoms with van der Waals surface area (Å²) in [4.78, 5) is 22.7. The molecule has 3 heterocycles. The number of aromatic nitrogens is 4. The van der Waals surface area contributed by atoms with Crippen molar-refractivity contribution in [2.75, 3.05) is 11.9 Å². The first-order valence-corrected chi connectivity index (χ1v) is 7.92. The number of carbonyl (C=O) groups excluding carboxylic acids is 1. The van der Waals surface area contributed by atoms with Gasteiger partial charge in [-0.2, -0.15) is 5.10 Å². The van der Waals surface area contributed by atoms with Crippen LogP contribution in [0.3, 0.4) is 0 Å². The van der Waals surface area contributed by atoms with E-state index in [4.69, 9.17) is 0 Å². The van der Waals surface area contributed by atoms with E-state index in [1.165, 1.54) is 17.2 Å². The largest absolute Gasteiger partial charge is 0.296 e. The maximum atomic E-state index is 13.4. The van der Waals surface area contributed by atoms with Crippen molar-refractivity contribution in [3.63, 3.8) is 0 Å². The van der Waals surface area contributed by atoms with Crippen LogP contribution in [0.15, 0.2) is 36.7 Å². The van der Waals surface area contributed by atoms with Gasteiger partial charge in [0.05, 0.1) is 6.20 Å². The lowest BCUT2D eigenvalue weighted by atomic mass is 10.2. The molecular formula is C17H15F2N5O. The molecule has 6 nitrogen and oxygen atoms in total. The lowest BCUT2D eigenvalue weighted by Crippen LogP contribution is -2.27. The lowest BCUT2D eigenvalue weighted by molar-refractivity contribution is 0.0993. The molecule has 3 aromatic rings. The van der Waals surface area contributed by atoms with Gasteiger partial charge < -0.3 is 0 Å². The molecule has 4 rings (SSSR count). The highest BCUT2D eigenvalue weighted by molar-refractivity contribution is 6.09. The minimum Gasteiger partial charge on any atom is -0.296 e. The molecule has 1 amide bonds. The van der Waals surface area contributed by atoms with E-state index >= 15 is 0 Å². The monoisotopic (exact) mass is 343 g/mol. The maximum Gasteiger partial charge on any atom is 0.280 e. The lowest BCUT2D eigenvalue weighted by Gasteiger charge is -2.15. The Labute approximate surface area is 142 Å². The van der Waals surface area contributed by atoms with Crippen molar-refractivity contribution in [1.82, 2.24) is 19.6 Å². The van der Waals surface area contributed by atoms with Crippen molar-refractivity contribution >= 4 is 17.4 Å². The molecule has 8 heteroatoms. The van der Waals surface area contributed by atoms with E-state index in [1.807, 2.05) is 0 Å². The standard InChI is InChI=1S/C17H15F2N5O/c1-23(14-4-2-3-7-20-14)17(25)11-9-21-24-13(15(18)19)8-12(10-5-6-10)22-16(11)24/h2-4,7-10,15H,5-6H2,1H3. The average molecular weight is 343 g/mol. The third-order valence-corrected chi connectivity index (χ3v) is 4.27. The molecule has 0 bridgehead atoms. The molecule has 1 saturated carbocycles. The van der Waals surface area contributed by atoms with E-state index in [0.717, 1.165) is 17.4 Å². The van der Waals surface area contributed by atoms with Crippen molar-refractivity contribution in [3.8, 4) is 0 Å². The number of alkyl halides is 2. The summed E-state index contributed by atoms with van der Waals surface area (Å²) >= 11 is 0. The van der Waals surface area contributed by atoms with Gasteiger partial charge >= 0.3 is 0 Å². The first-order chi connectivity index (χ1) is 12.1. The van der Waals surface area contributed by atoms with E-state index in [2.05, 4.69) is 15.1 Å². The Kier molecular flexibility index (Phi) is 3.67. The second-order valence-corrected chi connectivity index (χ2v) is 6.03. The summed E-state index contributed by atoms with van der Waals surface area (Å²) in [6, 6.07) is 6.59. The Morgan fingerprint density at radius 2 is 2.16 bits per heavy atom. The molecule has 0 unspecified atom stereocenters. The second kappa shape index (κ2) is 5.87. The molecule has 1 fully saturated rings. The smallest absolute Gasteiger partial charge is 0.280 e. The fourth-order valence-electron chi connectivity index (χ4n) is 2.74. The number of fused-ring (bicyclic) bond motifs is 1. The number of anilines is 1. The van der Waals surface area contributed by atoms with E-state index in [9.17, 15) is 13.6 Å². The third-order valence-electron chi connectivity index (χ3n) is 4.27. The van der Waals surface area contributed by atoms with E-state index < -0.39 is 12.3 Å². The van der Waals surface area contributed by atoms with E-state index in [-0.39, 0.29) is 22.8 Å². The molecule has 1 aliphatic rings. The fraction of sp³-hybridized carbons (Fsp3) is 0.294. The summed E-state index contributed by atoms with van der Waals surface area (Å²) in [6.07, 6.45) is 2.02. The summed E-state index contributed by atoms with van der Waals surface area (Å²) in [6.45, 7) is 0. The van der Waals surface area contributed by atoms with E-state index in [1.54, 1.807) is 31.4 Å². The molecule has 25 heavy (non-hydrogen) atoms. The fourth-order valence-corrected chi connectivity index (χ4v) is 2.74. The van der Waals surface area contributed by atoms with Gasteiger partial charge in [-0.1, -0.05) is 6.07 Å². The van der Waals surface area contributed by atoms with Crippen LogP contribution in [0.25, 0.3) is 5.65 Å². The molecule has 0 radical (unpaired) electrons. The molecule has 0 saturated heterocycles. The average Bonchev–Trinajstić information content (AvgIpc) is 3.40. The normalized spacial score (nSPS) is 14.2. The Morgan fingerprint density at radius 1 is 1.36 bits per heavy atom. The number of rotatable bonds is 4. The van der Waals surface area contributed by atoms with Crippen LogP contribution in [0, 0.1) is 0 Å².